The molecule has 0 saturated heterocycles. The van der Waals surface area contributed by atoms with Gasteiger partial charge in [-0.25, -0.2) is 0 Å². The Hall–Kier alpha value is -0.0800. The van der Waals surface area contributed by atoms with E-state index in [0.717, 1.165) is 12.8 Å². The molecule has 0 aliphatic carbocycles. The van der Waals surface area contributed by atoms with Crippen LogP contribution in [0.25, 0.3) is 0 Å². The molecule has 0 saturated carbocycles. The molecule has 0 aliphatic heterocycles. The second kappa shape index (κ2) is 9.47. The summed E-state index contributed by atoms with van der Waals surface area (Å²) in [6.07, 6.45) is 9.94. The molecule has 0 radical (unpaired) electrons. The fraction of sp³-hybridized carbons (Fsp3) is 1.00. The first-order valence-corrected chi connectivity index (χ1v) is 6.18. The number of unbranched alkanes of at least 4 members (excludes halogenated alkanes) is 3. The Morgan fingerprint density at radius 3 is 2.07 bits per heavy atom. The predicted octanol–water partition coefficient (Wildman–Crippen LogP) is 2.80. The molecule has 0 aromatic rings. The van der Waals surface area contributed by atoms with Gasteiger partial charge in [-0.2, -0.15) is 0 Å². The maximum Gasteiger partial charge on any atom is 0.00388 e. The molecule has 2 heteroatoms. The highest BCUT2D eigenvalue weighted by Gasteiger charge is 2.02. The van der Waals surface area contributed by atoms with Crippen LogP contribution in [0, 0.1) is 0 Å². The summed E-state index contributed by atoms with van der Waals surface area (Å²) in [7, 11) is 0. The van der Waals surface area contributed by atoms with E-state index in [4.69, 9.17) is 11.5 Å². The zero-order chi connectivity index (χ0) is 10.8. The second-order valence-electron chi connectivity index (χ2n) is 4.52. The van der Waals surface area contributed by atoms with E-state index in [0.29, 0.717) is 12.1 Å². The zero-order valence-corrected chi connectivity index (χ0v) is 9.97. The Morgan fingerprint density at radius 2 is 1.50 bits per heavy atom. The first kappa shape index (κ1) is 13.9. The van der Waals surface area contributed by atoms with Crippen molar-refractivity contribution in [2.45, 2.75) is 77.3 Å². The topological polar surface area (TPSA) is 52.0 Å². The van der Waals surface area contributed by atoms with Gasteiger partial charge in [0.25, 0.3) is 0 Å². The van der Waals surface area contributed by atoms with E-state index in [1.165, 1.54) is 38.5 Å². The summed E-state index contributed by atoms with van der Waals surface area (Å²) in [5.41, 5.74) is 11.7. The molecule has 0 bridgehead atoms. The molecule has 0 aromatic carbocycles. The minimum Gasteiger partial charge on any atom is -0.328 e. The van der Waals surface area contributed by atoms with Crippen LogP contribution in [-0.4, -0.2) is 12.1 Å². The lowest BCUT2D eigenvalue weighted by atomic mass is 10.0. The predicted molar refractivity (Wildman–Crippen MR) is 64.2 cm³/mol. The molecule has 0 spiro atoms. The third-order valence-electron chi connectivity index (χ3n) is 2.66. The normalized spacial score (nSPS) is 15.4. The Morgan fingerprint density at radius 1 is 0.857 bits per heavy atom. The van der Waals surface area contributed by atoms with Gasteiger partial charge in [0.2, 0.25) is 0 Å². The standard InChI is InChI=1S/C12H28N2/c1-3-4-5-6-9-12(14)10-7-8-11(2)13/h11-12H,3-10,13-14H2,1-2H3. The van der Waals surface area contributed by atoms with Crippen molar-refractivity contribution < 1.29 is 0 Å². The number of hydrogen-bond acceptors (Lipinski definition) is 2. The van der Waals surface area contributed by atoms with E-state index in [9.17, 15) is 0 Å². The smallest absolute Gasteiger partial charge is 0.00388 e. The van der Waals surface area contributed by atoms with Crippen LogP contribution in [0.15, 0.2) is 0 Å². The van der Waals surface area contributed by atoms with Crippen molar-refractivity contribution in [3.05, 3.63) is 0 Å². The summed E-state index contributed by atoms with van der Waals surface area (Å²) in [6.45, 7) is 4.30. The molecular formula is C12H28N2. The molecule has 2 atom stereocenters. The lowest BCUT2D eigenvalue weighted by molar-refractivity contribution is 0.485. The van der Waals surface area contributed by atoms with E-state index in [1.54, 1.807) is 0 Å². The van der Waals surface area contributed by atoms with Crippen LogP contribution in [0.2, 0.25) is 0 Å². The summed E-state index contributed by atoms with van der Waals surface area (Å²) in [4.78, 5) is 0. The van der Waals surface area contributed by atoms with Gasteiger partial charge in [-0.3, -0.25) is 0 Å². The maximum atomic E-state index is 6.00. The molecule has 4 N–H and O–H groups in total. The second-order valence-corrected chi connectivity index (χ2v) is 4.52. The van der Waals surface area contributed by atoms with Gasteiger partial charge >= 0.3 is 0 Å². The third-order valence-corrected chi connectivity index (χ3v) is 2.66. The van der Waals surface area contributed by atoms with Gasteiger partial charge in [0.1, 0.15) is 0 Å². The summed E-state index contributed by atoms with van der Waals surface area (Å²) in [5, 5.41) is 0. The third kappa shape index (κ3) is 10.0. The molecular weight excluding hydrogens is 172 g/mol. The average Bonchev–Trinajstić information content (AvgIpc) is 2.12. The first-order valence-electron chi connectivity index (χ1n) is 6.18. The largest absolute Gasteiger partial charge is 0.328 e. The molecule has 2 unspecified atom stereocenters. The average molecular weight is 200 g/mol. The van der Waals surface area contributed by atoms with Crippen LogP contribution >= 0.6 is 0 Å². The fourth-order valence-corrected chi connectivity index (χ4v) is 1.68. The number of nitrogens with two attached hydrogens (primary N) is 2. The lowest BCUT2D eigenvalue weighted by Gasteiger charge is -2.11. The van der Waals surface area contributed by atoms with Gasteiger partial charge in [0.15, 0.2) is 0 Å². The lowest BCUT2D eigenvalue weighted by Crippen LogP contribution is -2.21. The van der Waals surface area contributed by atoms with Crippen LogP contribution < -0.4 is 11.5 Å². The Labute approximate surface area is 89.4 Å². The van der Waals surface area contributed by atoms with Crippen molar-refractivity contribution in [3.63, 3.8) is 0 Å². The van der Waals surface area contributed by atoms with Gasteiger partial charge in [-0.1, -0.05) is 39.0 Å². The highest BCUT2D eigenvalue weighted by molar-refractivity contribution is 4.63. The van der Waals surface area contributed by atoms with Crippen molar-refractivity contribution in [1.29, 1.82) is 0 Å². The first-order chi connectivity index (χ1) is 6.66. The van der Waals surface area contributed by atoms with E-state index in [-0.39, 0.29) is 0 Å². The van der Waals surface area contributed by atoms with Gasteiger partial charge in [0, 0.05) is 12.1 Å². The van der Waals surface area contributed by atoms with Gasteiger partial charge in [-0.15, -0.1) is 0 Å². The summed E-state index contributed by atoms with van der Waals surface area (Å²) < 4.78 is 0. The van der Waals surface area contributed by atoms with Crippen LogP contribution in [0.4, 0.5) is 0 Å². The van der Waals surface area contributed by atoms with Crippen LogP contribution in [0.3, 0.4) is 0 Å². The molecule has 0 fully saturated rings. The van der Waals surface area contributed by atoms with Crippen LogP contribution in [-0.2, 0) is 0 Å². The quantitative estimate of drug-likeness (QED) is 0.562. The fourth-order valence-electron chi connectivity index (χ4n) is 1.68. The SMILES string of the molecule is CCCCCCC(N)CCCC(C)N. The molecule has 14 heavy (non-hydrogen) atoms. The molecule has 0 aliphatic rings. The Kier molecular flexibility index (Phi) is 9.42. The molecule has 2 nitrogen and oxygen atoms in total. The van der Waals surface area contributed by atoms with Crippen molar-refractivity contribution in [1.82, 2.24) is 0 Å². The van der Waals surface area contributed by atoms with Crippen LogP contribution in [0.1, 0.15) is 65.2 Å². The molecule has 0 heterocycles. The van der Waals surface area contributed by atoms with Crippen LogP contribution in [0.5, 0.6) is 0 Å². The molecule has 0 amide bonds. The molecule has 0 rings (SSSR count). The van der Waals surface area contributed by atoms with E-state index >= 15 is 0 Å². The van der Waals surface area contributed by atoms with Gasteiger partial charge in [0.05, 0.1) is 0 Å². The van der Waals surface area contributed by atoms with Crippen molar-refractivity contribution in [3.8, 4) is 0 Å². The van der Waals surface area contributed by atoms with Gasteiger partial charge in [-0.05, 0) is 26.2 Å². The van der Waals surface area contributed by atoms with E-state index < -0.39 is 0 Å². The van der Waals surface area contributed by atoms with Crippen molar-refractivity contribution >= 4 is 0 Å². The highest BCUT2D eigenvalue weighted by Crippen LogP contribution is 2.09. The minimum absolute atomic E-state index is 0.335. The highest BCUT2D eigenvalue weighted by atomic mass is 14.6. The van der Waals surface area contributed by atoms with E-state index in [2.05, 4.69) is 13.8 Å². The summed E-state index contributed by atoms with van der Waals surface area (Å²) >= 11 is 0. The summed E-state index contributed by atoms with van der Waals surface area (Å²) in [5.74, 6) is 0. The monoisotopic (exact) mass is 200 g/mol. The Bertz CT molecular complexity index is 113. The zero-order valence-electron chi connectivity index (χ0n) is 9.97. The van der Waals surface area contributed by atoms with Crippen molar-refractivity contribution in [2.75, 3.05) is 0 Å². The maximum absolute atomic E-state index is 6.00. The molecule has 86 valence electrons. The molecule has 0 aromatic heterocycles. The summed E-state index contributed by atoms with van der Waals surface area (Å²) in [6, 6.07) is 0.743. The Balaban J connectivity index is 3.15. The minimum atomic E-state index is 0.335. The van der Waals surface area contributed by atoms with Crippen molar-refractivity contribution in [2.24, 2.45) is 11.5 Å². The number of hydrogen-bond donors (Lipinski definition) is 2. The number of rotatable bonds is 9. The van der Waals surface area contributed by atoms with E-state index in [1.807, 2.05) is 0 Å². The van der Waals surface area contributed by atoms with Gasteiger partial charge < -0.3 is 11.5 Å².